The van der Waals surface area contributed by atoms with Crippen LogP contribution in [0.25, 0.3) is 0 Å². The highest BCUT2D eigenvalue weighted by Gasteiger charge is 2.56. The summed E-state index contributed by atoms with van der Waals surface area (Å²) in [4.78, 5) is 15.0. The Kier molecular flexibility index (Phi) is 4.35. The summed E-state index contributed by atoms with van der Waals surface area (Å²) in [6, 6.07) is 0.663. The zero-order valence-electron chi connectivity index (χ0n) is 14.7. The number of fused-ring (bicyclic) bond motifs is 1. The number of amides is 1. The highest BCUT2D eigenvalue weighted by Crippen LogP contribution is 2.42. The quantitative estimate of drug-likeness (QED) is 0.853. The van der Waals surface area contributed by atoms with Crippen molar-refractivity contribution in [3.05, 3.63) is 17.0 Å². The van der Waals surface area contributed by atoms with E-state index < -0.39 is 0 Å². The lowest BCUT2D eigenvalue weighted by atomic mass is 9.70. The van der Waals surface area contributed by atoms with Gasteiger partial charge in [-0.05, 0) is 58.2 Å². The Hall–Kier alpha value is -1.40. The Balaban J connectivity index is 1.35. The standard InChI is InChI=1S/C18H28N4O2/c1-11-13(12(2)21-20-11)5-6-15(23)19-16-14-7-10-24-18(14)17(16)22-8-3-4-9-22/h14,16-18H,3-10H2,1-2H3,(H,19,23)(H,20,21)/t14-,16+,17-,18-/m1/s1. The van der Waals surface area contributed by atoms with Gasteiger partial charge in [-0.2, -0.15) is 5.10 Å². The van der Waals surface area contributed by atoms with Crippen LogP contribution in [0.3, 0.4) is 0 Å². The van der Waals surface area contributed by atoms with E-state index in [1.807, 2.05) is 13.8 Å². The number of hydrogen-bond donors (Lipinski definition) is 2. The van der Waals surface area contributed by atoms with Gasteiger partial charge in [-0.15, -0.1) is 0 Å². The topological polar surface area (TPSA) is 70.2 Å². The first kappa shape index (κ1) is 16.1. The molecule has 0 spiro atoms. The fourth-order valence-corrected chi connectivity index (χ4v) is 4.78. The number of carbonyl (C=O) groups is 1. The molecule has 0 radical (unpaired) electrons. The largest absolute Gasteiger partial charge is 0.376 e. The van der Waals surface area contributed by atoms with Crippen LogP contribution in [0.2, 0.25) is 0 Å². The Morgan fingerprint density at radius 1 is 1.38 bits per heavy atom. The summed E-state index contributed by atoms with van der Waals surface area (Å²) in [5.74, 6) is 0.673. The maximum Gasteiger partial charge on any atom is 0.220 e. The number of nitrogens with one attached hydrogen (secondary N) is 2. The summed E-state index contributed by atoms with van der Waals surface area (Å²) < 4.78 is 5.93. The molecule has 3 heterocycles. The summed E-state index contributed by atoms with van der Waals surface area (Å²) in [6.07, 6.45) is 5.25. The van der Waals surface area contributed by atoms with Crippen LogP contribution in [0.1, 0.15) is 42.6 Å². The molecular weight excluding hydrogens is 304 g/mol. The van der Waals surface area contributed by atoms with Gasteiger partial charge in [-0.25, -0.2) is 0 Å². The van der Waals surface area contributed by atoms with Crippen molar-refractivity contribution in [2.45, 2.75) is 64.1 Å². The molecular formula is C18H28N4O2. The van der Waals surface area contributed by atoms with Crippen molar-refractivity contribution in [3.63, 3.8) is 0 Å². The lowest BCUT2D eigenvalue weighted by Gasteiger charge is -2.51. The second kappa shape index (κ2) is 6.48. The maximum atomic E-state index is 12.5. The molecule has 4 rings (SSSR count). The van der Waals surface area contributed by atoms with Crippen LogP contribution in [0.15, 0.2) is 0 Å². The highest BCUT2D eigenvalue weighted by molar-refractivity contribution is 5.77. The van der Waals surface area contributed by atoms with E-state index in [1.54, 1.807) is 0 Å². The molecule has 2 aliphatic heterocycles. The molecule has 1 saturated carbocycles. The van der Waals surface area contributed by atoms with Crippen LogP contribution >= 0.6 is 0 Å². The Labute approximate surface area is 143 Å². The number of aromatic amines is 1. The molecule has 3 fully saturated rings. The number of H-pyrrole nitrogens is 1. The summed E-state index contributed by atoms with van der Waals surface area (Å²) in [6.45, 7) is 7.16. The Morgan fingerprint density at radius 2 is 2.17 bits per heavy atom. The van der Waals surface area contributed by atoms with E-state index in [0.717, 1.165) is 43.9 Å². The van der Waals surface area contributed by atoms with Crippen molar-refractivity contribution < 1.29 is 9.53 Å². The van der Waals surface area contributed by atoms with E-state index >= 15 is 0 Å². The second-order valence-corrected chi connectivity index (χ2v) is 7.53. The molecule has 0 unspecified atom stereocenters. The van der Waals surface area contributed by atoms with E-state index in [2.05, 4.69) is 20.4 Å². The van der Waals surface area contributed by atoms with Crippen molar-refractivity contribution in [1.29, 1.82) is 0 Å². The van der Waals surface area contributed by atoms with Gasteiger partial charge < -0.3 is 10.1 Å². The molecule has 2 saturated heterocycles. The monoisotopic (exact) mass is 332 g/mol. The van der Waals surface area contributed by atoms with Crippen molar-refractivity contribution in [2.75, 3.05) is 19.7 Å². The smallest absolute Gasteiger partial charge is 0.220 e. The number of likely N-dealkylation sites (tertiary alicyclic amines) is 1. The third-order valence-corrected chi connectivity index (χ3v) is 6.12. The Bertz CT molecular complexity index is 584. The SMILES string of the molecule is Cc1n[nH]c(C)c1CCC(=O)N[C@H]1[C@H]2CCO[C@H]2[C@@H]1N1CCCC1. The first-order valence-corrected chi connectivity index (χ1v) is 9.30. The minimum absolute atomic E-state index is 0.162. The highest BCUT2D eigenvalue weighted by atomic mass is 16.5. The summed E-state index contributed by atoms with van der Waals surface area (Å²) in [5.41, 5.74) is 3.25. The number of carbonyl (C=O) groups excluding carboxylic acids is 1. The van der Waals surface area contributed by atoms with E-state index in [0.29, 0.717) is 24.5 Å². The zero-order valence-corrected chi connectivity index (χ0v) is 14.7. The molecule has 0 bridgehead atoms. The van der Waals surface area contributed by atoms with Crippen molar-refractivity contribution in [3.8, 4) is 0 Å². The molecule has 1 aliphatic carbocycles. The van der Waals surface area contributed by atoms with Crippen LogP contribution in [0.4, 0.5) is 0 Å². The van der Waals surface area contributed by atoms with Crippen LogP contribution < -0.4 is 5.32 Å². The third-order valence-electron chi connectivity index (χ3n) is 6.12. The van der Waals surface area contributed by atoms with E-state index in [1.165, 1.54) is 18.4 Å². The second-order valence-electron chi connectivity index (χ2n) is 7.53. The molecule has 0 aromatic carbocycles. The molecule has 3 aliphatic rings. The first-order valence-electron chi connectivity index (χ1n) is 9.30. The van der Waals surface area contributed by atoms with Crippen molar-refractivity contribution >= 4 is 5.91 Å². The maximum absolute atomic E-state index is 12.5. The predicted molar refractivity (Wildman–Crippen MR) is 90.8 cm³/mol. The van der Waals surface area contributed by atoms with Crippen LogP contribution in [-0.4, -0.2) is 58.9 Å². The lowest BCUT2D eigenvalue weighted by molar-refractivity contribution is -0.128. The van der Waals surface area contributed by atoms with Crippen LogP contribution in [-0.2, 0) is 16.0 Å². The molecule has 6 nitrogen and oxygen atoms in total. The van der Waals surface area contributed by atoms with Gasteiger partial charge in [0, 0.05) is 24.6 Å². The van der Waals surface area contributed by atoms with E-state index in [9.17, 15) is 4.79 Å². The van der Waals surface area contributed by atoms with Crippen LogP contribution in [0, 0.1) is 19.8 Å². The molecule has 24 heavy (non-hydrogen) atoms. The average molecular weight is 332 g/mol. The average Bonchev–Trinajstić information content (AvgIpc) is 3.27. The normalized spacial score (nSPS) is 32.6. The molecule has 1 amide bonds. The molecule has 6 heteroatoms. The van der Waals surface area contributed by atoms with Crippen molar-refractivity contribution in [1.82, 2.24) is 20.4 Å². The third kappa shape index (κ3) is 2.75. The van der Waals surface area contributed by atoms with E-state index in [-0.39, 0.29) is 11.9 Å². The van der Waals surface area contributed by atoms with Gasteiger partial charge >= 0.3 is 0 Å². The molecule has 1 aromatic rings. The minimum atomic E-state index is 0.162. The number of hydrogen-bond acceptors (Lipinski definition) is 4. The number of aryl methyl sites for hydroxylation is 2. The molecule has 132 valence electrons. The minimum Gasteiger partial charge on any atom is -0.376 e. The zero-order chi connectivity index (χ0) is 16.7. The fraction of sp³-hybridized carbons (Fsp3) is 0.778. The van der Waals surface area contributed by atoms with Crippen LogP contribution in [0.5, 0.6) is 0 Å². The van der Waals surface area contributed by atoms with Gasteiger partial charge in [0.2, 0.25) is 5.91 Å². The summed E-state index contributed by atoms with van der Waals surface area (Å²) in [7, 11) is 0. The van der Waals surface area contributed by atoms with Gasteiger partial charge in [0.15, 0.2) is 0 Å². The number of aromatic nitrogens is 2. The fourth-order valence-electron chi connectivity index (χ4n) is 4.78. The molecule has 1 aromatic heterocycles. The van der Waals surface area contributed by atoms with Gasteiger partial charge in [-0.3, -0.25) is 14.8 Å². The summed E-state index contributed by atoms with van der Waals surface area (Å²) in [5, 5.41) is 10.5. The first-order chi connectivity index (χ1) is 11.6. The molecule has 4 atom stereocenters. The molecule has 2 N–H and O–H groups in total. The number of nitrogens with zero attached hydrogens (tertiary/aromatic N) is 2. The van der Waals surface area contributed by atoms with Gasteiger partial charge in [-0.1, -0.05) is 0 Å². The number of rotatable bonds is 5. The van der Waals surface area contributed by atoms with Gasteiger partial charge in [0.25, 0.3) is 0 Å². The van der Waals surface area contributed by atoms with E-state index in [4.69, 9.17) is 4.74 Å². The lowest BCUT2D eigenvalue weighted by Crippen LogP contribution is -2.70. The predicted octanol–water partition coefficient (Wildman–Crippen LogP) is 1.33. The van der Waals surface area contributed by atoms with Gasteiger partial charge in [0.1, 0.15) is 0 Å². The number of ether oxygens (including phenoxy) is 1. The Morgan fingerprint density at radius 3 is 2.88 bits per heavy atom. The van der Waals surface area contributed by atoms with Gasteiger partial charge in [0.05, 0.1) is 23.9 Å². The summed E-state index contributed by atoms with van der Waals surface area (Å²) >= 11 is 0. The van der Waals surface area contributed by atoms with Crippen molar-refractivity contribution in [2.24, 2.45) is 5.92 Å².